The zero-order valence-corrected chi connectivity index (χ0v) is 9.87. The molecule has 0 aromatic rings. The molecule has 1 saturated carbocycles. The molecule has 1 N–H and O–H groups in total. The van der Waals surface area contributed by atoms with Crippen molar-refractivity contribution in [2.24, 2.45) is 0 Å². The fourth-order valence-corrected chi connectivity index (χ4v) is 2.36. The standard InChI is InChI=1S/C12H24N2O/c1-14(12-3-2-4-12)8-7-13-11-5-9-15-10-6-11/h11-13H,2-10H2,1H3. The lowest BCUT2D eigenvalue weighted by atomic mass is 9.92. The lowest BCUT2D eigenvalue weighted by Gasteiger charge is -2.35. The van der Waals surface area contributed by atoms with Crippen LogP contribution in [0.25, 0.3) is 0 Å². The topological polar surface area (TPSA) is 24.5 Å². The van der Waals surface area contributed by atoms with Crippen molar-refractivity contribution in [1.82, 2.24) is 10.2 Å². The molecule has 0 unspecified atom stereocenters. The fraction of sp³-hybridized carbons (Fsp3) is 1.00. The van der Waals surface area contributed by atoms with Crippen LogP contribution in [0.15, 0.2) is 0 Å². The van der Waals surface area contributed by atoms with Gasteiger partial charge in [0.2, 0.25) is 0 Å². The van der Waals surface area contributed by atoms with Crippen LogP contribution in [-0.2, 0) is 4.74 Å². The highest BCUT2D eigenvalue weighted by atomic mass is 16.5. The minimum Gasteiger partial charge on any atom is -0.381 e. The summed E-state index contributed by atoms with van der Waals surface area (Å²) in [7, 11) is 2.26. The van der Waals surface area contributed by atoms with Crippen molar-refractivity contribution in [3.05, 3.63) is 0 Å². The summed E-state index contributed by atoms with van der Waals surface area (Å²) in [6.45, 7) is 4.21. The summed E-state index contributed by atoms with van der Waals surface area (Å²) in [5.41, 5.74) is 0. The average molecular weight is 212 g/mol. The van der Waals surface area contributed by atoms with E-state index in [4.69, 9.17) is 4.74 Å². The van der Waals surface area contributed by atoms with Gasteiger partial charge in [0.15, 0.2) is 0 Å². The number of nitrogens with zero attached hydrogens (tertiary/aromatic N) is 1. The molecule has 0 amide bonds. The minimum absolute atomic E-state index is 0.702. The maximum absolute atomic E-state index is 5.34. The molecule has 2 fully saturated rings. The Balaban J connectivity index is 1.53. The van der Waals surface area contributed by atoms with Gasteiger partial charge in [0.1, 0.15) is 0 Å². The van der Waals surface area contributed by atoms with Gasteiger partial charge in [-0.05, 0) is 32.7 Å². The first-order valence-corrected chi connectivity index (χ1v) is 6.37. The third-order valence-corrected chi connectivity index (χ3v) is 3.82. The highest BCUT2D eigenvalue weighted by Crippen LogP contribution is 2.22. The summed E-state index contributed by atoms with van der Waals surface area (Å²) >= 11 is 0. The Kier molecular flexibility index (Phi) is 4.42. The van der Waals surface area contributed by atoms with Crippen LogP contribution >= 0.6 is 0 Å². The van der Waals surface area contributed by atoms with Crippen molar-refractivity contribution < 1.29 is 4.74 Å². The van der Waals surface area contributed by atoms with Gasteiger partial charge in [-0.3, -0.25) is 0 Å². The van der Waals surface area contributed by atoms with E-state index in [9.17, 15) is 0 Å². The van der Waals surface area contributed by atoms with Crippen molar-refractivity contribution in [3.63, 3.8) is 0 Å². The first-order valence-electron chi connectivity index (χ1n) is 6.37. The Morgan fingerprint density at radius 2 is 1.93 bits per heavy atom. The Hall–Kier alpha value is -0.120. The van der Waals surface area contributed by atoms with E-state index >= 15 is 0 Å². The molecule has 2 rings (SSSR count). The molecule has 0 atom stereocenters. The van der Waals surface area contributed by atoms with Crippen molar-refractivity contribution >= 4 is 0 Å². The van der Waals surface area contributed by atoms with E-state index in [0.717, 1.165) is 25.8 Å². The predicted molar refractivity (Wildman–Crippen MR) is 62.1 cm³/mol. The van der Waals surface area contributed by atoms with E-state index in [0.29, 0.717) is 6.04 Å². The van der Waals surface area contributed by atoms with Crippen molar-refractivity contribution in [2.75, 3.05) is 33.4 Å². The van der Waals surface area contributed by atoms with Gasteiger partial charge < -0.3 is 15.0 Å². The smallest absolute Gasteiger partial charge is 0.0480 e. The van der Waals surface area contributed by atoms with Gasteiger partial charge in [0.05, 0.1) is 0 Å². The Bertz CT molecular complexity index is 174. The number of likely N-dealkylation sites (N-methyl/N-ethyl adjacent to an activating group) is 1. The molecule has 1 aliphatic carbocycles. The largest absolute Gasteiger partial charge is 0.381 e. The summed E-state index contributed by atoms with van der Waals surface area (Å²) in [5, 5.41) is 3.63. The second-order valence-electron chi connectivity index (χ2n) is 4.91. The Morgan fingerprint density at radius 3 is 2.53 bits per heavy atom. The molecule has 1 saturated heterocycles. The zero-order valence-electron chi connectivity index (χ0n) is 9.87. The summed E-state index contributed by atoms with van der Waals surface area (Å²) in [6, 6.07) is 1.58. The van der Waals surface area contributed by atoms with E-state index in [1.807, 2.05) is 0 Å². The number of ether oxygens (including phenoxy) is 1. The van der Waals surface area contributed by atoms with Gasteiger partial charge in [-0.15, -0.1) is 0 Å². The van der Waals surface area contributed by atoms with Gasteiger partial charge in [-0.25, -0.2) is 0 Å². The Morgan fingerprint density at radius 1 is 1.20 bits per heavy atom. The molecule has 2 aliphatic rings. The summed E-state index contributed by atoms with van der Waals surface area (Å²) in [4.78, 5) is 2.51. The molecular formula is C12H24N2O. The molecule has 0 bridgehead atoms. The Labute approximate surface area is 93.2 Å². The van der Waals surface area contributed by atoms with Gasteiger partial charge in [0.25, 0.3) is 0 Å². The third-order valence-electron chi connectivity index (χ3n) is 3.82. The highest BCUT2D eigenvalue weighted by molar-refractivity contribution is 4.78. The lowest BCUT2D eigenvalue weighted by molar-refractivity contribution is 0.0761. The quantitative estimate of drug-likeness (QED) is 0.742. The number of nitrogens with one attached hydrogen (secondary N) is 1. The number of hydrogen-bond donors (Lipinski definition) is 1. The number of hydrogen-bond acceptors (Lipinski definition) is 3. The maximum Gasteiger partial charge on any atom is 0.0480 e. The fourth-order valence-electron chi connectivity index (χ4n) is 2.36. The zero-order chi connectivity index (χ0) is 10.5. The van der Waals surface area contributed by atoms with Crippen LogP contribution in [0.4, 0.5) is 0 Å². The first kappa shape index (κ1) is 11.4. The molecule has 3 heteroatoms. The summed E-state index contributed by atoms with van der Waals surface area (Å²) < 4.78 is 5.34. The highest BCUT2D eigenvalue weighted by Gasteiger charge is 2.21. The average Bonchev–Trinajstić information content (AvgIpc) is 2.16. The molecule has 88 valence electrons. The monoisotopic (exact) mass is 212 g/mol. The first-order chi connectivity index (χ1) is 7.36. The van der Waals surface area contributed by atoms with Gasteiger partial charge >= 0.3 is 0 Å². The van der Waals surface area contributed by atoms with Crippen LogP contribution in [0.1, 0.15) is 32.1 Å². The summed E-state index contributed by atoms with van der Waals surface area (Å²) in [6.07, 6.45) is 6.63. The second-order valence-corrected chi connectivity index (χ2v) is 4.91. The van der Waals surface area contributed by atoms with Crippen LogP contribution in [0.5, 0.6) is 0 Å². The maximum atomic E-state index is 5.34. The molecule has 1 aliphatic heterocycles. The SMILES string of the molecule is CN(CCNC1CCOCC1)C1CCC1. The second kappa shape index (κ2) is 5.83. The van der Waals surface area contributed by atoms with E-state index in [2.05, 4.69) is 17.3 Å². The minimum atomic E-state index is 0.702. The van der Waals surface area contributed by atoms with Crippen LogP contribution in [0.3, 0.4) is 0 Å². The molecular weight excluding hydrogens is 188 g/mol. The van der Waals surface area contributed by atoms with Crippen LogP contribution in [0, 0.1) is 0 Å². The van der Waals surface area contributed by atoms with Crippen molar-refractivity contribution in [2.45, 2.75) is 44.2 Å². The molecule has 3 nitrogen and oxygen atoms in total. The van der Waals surface area contributed by atoms with Gasteiger partial charge in [0, 0.05) is 38.4 Å². The van der Waals surface area contributed by atoms with Crippen molar-refractivity contribution in [1.29, 1.82) is 0 Å². The molecule has 0 aromatic carbocycles. The van der Waals surface area contributed by atoms with Gasteiger partial charge in [-0.1, -0.05) is 6.42 Å². The van der Waals surface area contributed by atoms with E-state index in [1.165, 1.54) is 38.6 Å². The predicted octanol–water partition coefficient (Wildman–Crippen LogP) is 1.24. The molecule has 0 radical (unpaired) electrons. The van der Waals surface area contributed by atoms with Crippen LogP contribution in [-0.4, -0.2) is 50.3 Å². The summed E-state index contributed by atoms with van der Waals surface area (Å²) in [5.74, 6) is 0. The lowest BCUT2D eigenvalue weighted by Crippen LogP contribution is -2.43. The molecule has 0 spiro atoms. The normalized spacial score (nSPS) is 24.4. The molecule has 15 heavy (non-hydrogen) atoms. The van der Waals surface area contributed by atoms with Gasteiger partial charge in [-0.2, -0.15) is 0 Å². The molecule has 0 aromatic heterocycles. The number of rotatable bonds is 5. The van der Waals surface area contributed by atoms with Crippen LogP contribution in [0.2, 0.25) is 0 Å². The van der Waals surface area contributed by atoms with Crippen LogP contribution < -0.4 is 5.32 Å². The van der Waals surface area contributed by atoms with E-state index in [1.54, 1.807) is 0 Å². The third kappa shape index (κ3) is 3.44. The molecule has 1 heterocycles. The van der Waals surface area contributed by atoms with E-state index < -0.39 is 0 Å². The van der Waals surface area contributed by atoms with Crippen molar-refractivity contribution in [3.8, 4) is 0 Å². The van der Waals surface area contributed by atoms with E-state index in [-0.39, 0.29) is 0 Å².